The topological polar surface area (TPSA) is 63.3 Å². The number of amides is 1. The Kier molecular flexibility index (Phi) is 1.70. The van der Waals surface area contributed by atoms with Gasteiger partial charge in [0.2, 0.25) is 0 Å². The Hall–Kier alpha value is -1.55. The lowest BCUT2D eigenvalue weighted by Gasteiger charge is -1.89. The minimum absolute atomic E-state index is 0.196. The van der Waals surface area contributed by atoms with Gasteiger partial charge < -0.3 is 10.8 Å². The van der Waals surface area contributed by atoms with E-state index in [1.807, 2.05) is 0 Å². The van der Waals surface area contributed by atoms with Crippen LogP contribution >= 0.6 is 11.3 Å². The smallest absolute Gasteiger partial charge is 0.258 e. The fraction of sp³-hybridized carbons (Fsp3) is 0. The first-order valence-corrected chi connectivity index (χ1v) is 4.51. The molecule has 0 saturated carbocycles. The maximum atomic E-state index is 10.8. The van der Waals surface area contributed by atoms with Gasteiger partial charge in [-0.3, -0.25) is 4.79 Å². The number of carbonyl (C=O) groups excluding carboxylic acids is 1. The molecule has 4 heteroatoms. The van der Waals surface area contributed by atoms with Crippen LogP contribution in [0.25, 0.3) is 10.1 Å². The van der Waals surface area contributed by atoms with Crippen LogP contribution in [0.4, 0.5) is 0 Å². The molecule has 0 atom stereocenters. The van der Waals surface area contributed by atoms with Gasteiger partial charge >= 0.3 is 0 Å². The molecule has 1 aromatic carbocycles. The molecule has 0 saturated heterocycles. The zero-order chi connectivity index (χ0) is 9.42. The first kappa shape index (κ1) is 8.07. The molecule has 1 amide bonds. The molecule has 0 fully saturated rings. The van der Waals surface area contributed by atoms with E-state index in [0.717, 1.165) is 10.1 Å². The van der Waals surface area contributed by atoms with Crippen molar-refractivity contribution in [2.45, 2.75) is 0 Å². The molecule has 2 aromatic rings. The summed E-state index contributed by atoms with van der Waals surface area (Å²) in [5.41, 5.74) is 5.12. The zero-order valence-electron chi connectivity index (χ0n) is 6.65. The Morgan fingerprint density at radius 2 is 2.15 bits per heavy atom. The molecule has 0 aliphatic heterocycles. The Balaban J connectivity index is 2.68. The Morgan fingerprint density at radius 1 is 1.38 bits per heavy atom. The van der Waals surface area contributed by atoms with Crippen LogP contribution in [0.5, 0.6) is 5.75 Å². The van der Waals surface area contributed by atoms with Gasteiger partial charge in [0, 0.05) is 4.70 Å². The second-order valence-corrected chi connectivity index (χ2v) is 3.78. The van der Waals surface area contributed by atoms with Crippen LogP contribution in [0.1, 0.15) is 9.67 Å². The summed E-state index contributed by atoms with van der Waals surface area (Å²) in [4.78, 5) is 11.3. The third-order valence-corrected chi connectivity index (χ3v) is 2.87. The first-order chi connectivity index (χ1) is 6.16. The van der Waals surface area contributed by atoms with E-state index < -0.39 is 5.91 Å². The van der Waals surface area contributed by atoms with Crippen molar-refractivity contribution < 1.29 is 9.90 Å². The molecule has 0 aliphatic carbocycles. The predicted molar refractivity (Wildman–Crippen MR) is 52.0 cm³/mol. The molecule has 0 aliphatic rings. The van der Waals surface area contributed by atoms with Gasteiger partial charge in [0.1, 0.15) is 5.75 Å². The Bertz CT molecular complexity index is 475. The quantitative estimate of drug-likeness (QED) is 0.724. The van der Waals surface area contributed by atoms with Crippen LogP contribution in [0.15, 0.2) is 24.3 Å². The summed E-state index contributed by atoms with van der Waals surface area (Å²) in [6.45, 7) is 0. The van der Waals surface area contributed by atoms with E-state index in [0.29, 0.717) is 4.88 Å². The van der Waals surface area contributed by atoms with Gasteiger partial charge in [0.15, 0.2) is 0 Å². The highest BCUT2D eigenvalue weighted by Gasteiger charge is 2.06. The second kappa shape index (κ2) is 2.74. The maximum absolute atomic E-state index is 10.8. The molecule has 1 heterocycles. The van der Waals surface area contributed by atoms with Crippen LogP contribution in [-0.2, 0) is 0 Å². The van der Waals surface area contributed by atoms with Crippen LogP contribution in [0.3, 0.4) is 0 Å². The molecule has 1 aromatic heterocycles. The fourth-order valence-corrected chi connectivity index (χ4v) is 2.05. The van der Waals surface area contributed by atoms with E-state index in [1.54, 1.807) is 24.3 Å². The molecule has 2 rings (SSSR count). The summed E-state index contributed by atoms with van der Waals surface area (Å²) in [5.74, 6) is -0.234. The highest BCUT2D eigenvalue weighted by atomic mass is 32.1. The number of phenolic OH excluding ortho intramolecular Hbond substituents is 1. The average Bonchev–Trinajstić information content (AvgIpc) is 2.46. The number of thiophene rings is 1. The van der Waals surface area contributed by atoms with Crippen molar-refractivity contribution in [3.63, 3.8) is 0 Å². The van der Waals surface area contributed by atoms with Gasteiger partial charge in [0.05, 0.1) is 4.88 Å². The third-order valence-electron chi connectivity index (χ3n) is 1.74. The molecule has 0 radical (unpaired) electrons. The van der Waals surface area contributed by atoms with E-state index in [4.69, 9.17) is 10.8 Å². The van der Waals surface area contributed by atoms with Gasteiger partial charge in [-0.25, -0.2) is 0 Å². The summed E-state index contributed by atoms with van der Waals surface area (Å²) in [6, 6.07) is 6.64. The summed E-state index contributed by atoms with van der Waals surface area (Å²) in [7, 11) is 0. The van der Waals surface area contributed by atoms with Gasteiger partial charge in [-0.1, -0.05) is 0 Å². The minimum atomic E-state index is -0.430. The highest BCUT2D eigenvalue weighted by Crippen LogP contribution is 2.27. The van der Waals surface area contributed by atoms with E-state index in [1.165, 1.54) is 11.3 Å². The number of hydrogen-bond acceptors (Lipinski definition) is 3. The first-order valence-electron chi connectivity index (χ1n) is 3.69. The normalized spacial score (nSPS) is 10.5. The minimum Gasteiger partial charge on any atom is -0.508 e. The number of rotatable bonds is 1. The zero-order valence-corrected chi connectivity index (χ0v) is 7.47. The van der Waals surface area contributed by atoms with Crippen LogP contribution in [-0.4, -0.2) is 11.0 Å². The fourth-order valence-electron chi connectivity index (χ4n) is 1.15. The molecular weight excluding hydrogens is 186 g/mol. The van der Waals surface area contributed by atoms with Crippen LogP contribution < -0.4 is 5.73 Å². The standard InChI is InChI=1S/C9H7NO2S/c10-9(12)8-4-5-3-6(11)1-2-7(5)13-8/h1-4,11H,(H2,10,12). The lowest BCUT2D eigenvalue weighted by atomic mass is 10.2. The van der Waals surface area contributed by atoms with Crippen molar-refractivity contribution >= 4 is 27.3 Å². The third kappa shape index (κ3) is 1.36. The maximum Gasteiger partial charge on any atom is 0.258 e. The van der Waals surface area contributed by atoms with Crippen LogP contribution in [0, 0.1) is 0 Å². The number of phenols is 1. The largest absolute Gasteiger partial charge is 0.508 e. The second-order valence-electron chi connectivity index (χ2n) is 2.70. The van der Waals surface area contributed by atoms with Crippen LogP contribution in [0.2, 0.25) is 0 Å². The van der Waals surface area contributed by atoms with Gasteiger partial charge in [-0.2, -0.15) is 0 Å². The highest BCUT2D eigenvalue weighted by molar-refractivity contribution is 7.20. The Labute approximate surface area is 78.4 Å². The lowest BCUT2D eigenvalue weighted by Crippen LogP contribution is -2.07. The van der Waals surface area contributed by atoms with E-state index in [9.17, 15) is 4.79 Å². The lowest BCUT2D eigenvalue weighted by molar-refractivity contribution is 0.100. The number of carbonyl (C=O) groups is 1. The van der Waals surface area contributed by atoms with Gasteiger partial charge in [0.25, 0.3) is 5.91 Å². The molecule has 0 spiro atoms. The number of nitrogens with two attached hydrogens (primary N) is 1. The molecule has 0 unspecified atom stereocenters. The SMILES string of the molecule is NC(=O)c1cc2cc(O)ccc2s1. The summed E-state index contributed by atoms with van der Waals surface area (Å²) in [6.07, 6.45) is 0. The predicted octanol–water partition coefficient (Wildman–Crippen LogP) is 1.71. The van der Waals surface area contributed by atoms with E-state index in [2.05, 4.69) is 0 Å². The molecule has 66 valence electrons. The molecule has 13 heavy (non-hydrogen) atoms. The van der Waals surface area contributed by atoms with Crippen molar-refractivity contribution in [3.05, 3.63) is 29.1 Å². The van der Waals surface area contributed by atoms with Gasteiger partial charge in [-0.15, -0.1) is 11.3 Å². The number of fused-ring (bicyclic) bond motifs is 1. The molecule has 3 nitrogen and oxygen atoms in total. The molecule has 3 N–H and O–H groups in total. The summed E-state index contributed by atoms with van der Waals surface area (Å²) >= 11 is 1.33. The van der Waals surface area contributed by atoms with Crippen molar-refractivity contribution in [2.24, 2.45) is 5.73 Å². The van der Waals surface area contributed by atoms with Gasteiger partial charge in [-0.05, 0) is 29.7 Å². The van der Waals surface area contributed by atoms with Crippen molar-refractivity contribution in [3.8, 4) is 5.75 Å². The molecular formula is C9H7NO2S. The van der Waals surface area contributed by atoms with Crippen molar-refractivity contribution in [1.29, 1.82) is 0 Å². The average molecular weight is 193 g/mol. The summed E-state index contributed by atoms with van der Waals surface area (Å²) in [5, 5.41) is 10.0. The van der Waals surface area contributed by atoms with Crippen molar-refractivity contribution in [1.82, 2.24) is 0 Å². The van der Waals surface area contributed by atoms with E-state index >= 15 is 0 Å². The monoisotopic (exact) mass is 193 g/mol. The number of aromatic hydroxyl groups is 1. The number of hydrogen-bond donors (Lipinski definition) is 2. The number of benzene rings is 1. The van der Waals surface area contributed by atoms with E-state index in [-0.39, 0.29) is 5.75 Å². The number of primary amides is 1. The summed E-state index contributed by atoms with van der Waals surface area (Å²) < 4.78 is 0.951. The Morgan fingerprint density at radius 3 is 2.85 bits per heavy atom. The molecule has 0 bridgehead atoms. The van der Waals surface area contributed by atoms with Crippen molar-refractivity contribution in [2.75, 3.05) is 0 Å².